The molecule has 1 aromatic heterocycles. The van der Waals surface area contributed by atoms with E-state index in [9.17, 15) is 13.8 Å². The van der Waals surface area contributed by atoms with Gasteiger partial charge in [0.25, 0.3) is 0 Å². The average Bonchev–Trinajstić information content (AvgIpc) is 3.05. The van der Waals surface area contributed by atoms with E-state index >= 15 is 0 Å². The Morgan fingerprint density at radius 1 is 1.30 bits per heavy atom. The average molecular weight is 358 g/mol. The lowest BCUT2D eigenvalue weighted by molar-refractivity contribution is -0.148. The predicted molar refractivity (Wildman–Crippen MR) is 85.6 cm³/mol. The minimum absolute atomic E-state index is 0.0523. The number of carbonyl (C=O) groups excluding carboxylic acids is 1. The molecule has 2 unspecified atom stereocenters. The second-order valence-electron chi connectivity index (χ2n) is 4.67. The SMILES string of the molecule is COP(C)(=O)C(OC(=O)COc1ccccc1F)c1cccs1. The number of ether oxygens (including phenoxy) is 2. The normalized spacial score (nSPS) is 14.7. The van der Waals surface area contributed by atoms with Crippen molar-refractivity contribution in [3.8, 4) is 5.75 Å². The largest absolute Gasteiger partial charge is 0.479 e. The fourth-order valence-electron chi connectivity index (χ4n) is 1.77. The maximum Gasteiger partial charge on any atom is 0.345 e. The second-order valence-corrected chi connectivity index (χ2v) is 8.30. The molecular formula is C15H16FO5PS. The second kappa shape index (κ2) is 7.73. The Labute approximate surface area is 137 Å². The van der Waals surface area contributed by atoms with Gasteiger partial charge < -0.3 is 14.0 Å². The summed E-state index contributed by atoms with van der Waals surface area (Å²) in [6.07, 6.45) is 0. The molecule has 0 spiro atoms. The molecule has 0 bridgehead atoms. The first-order valence-corrected chi connectivity index (χ1v) is 9.69. The van der Waals surface area contributed by atoms with Crippen molar-refractivity contribution < 1.29 is 27.7 Å². The number of hydrogen-bond donors (Lipinski definition) is 0. The number of thiophene rings is 1. The van der Waals surface area contributed by atoms with E-state index in [2.05, 4.69) is 0 Å². The minimum Gasteiger partial charge on any atom is -0.479 e. The highest BCUT2D eigenvalue weighted by Gasteiger charge is 2.34. The molecule has 0 saturated carbocycles. The van der Waals surface area contributed by atoms with E-state index in [1.807, 2.05) is 0 Å². The van der Waals surface area contributed by atoms with E-state index in [4.69, 9.17) is 14.0 Å². The number of carbonyl (C=O) groups is 1. The summed E-state index contributed by atoms with van der Waals surface area (Å²) in [6, 6.07) is 9.18. The van der Waals surface area contributed by atoms with Crippen molar-refractivity contribution >= 4 is 24.7 Å². The molecule has 0 amide bonds. The van der Waals surface area contributed by atoms with Crippen molar-refractivity contribution in [3.63, 3.8) is 0 Å². The summed E-state index contributed by atoms with van der Waals surface area (Å²) < 4.78 is 41.2. The predicted octanol–water partition coefficient (Wildman–Crippen LogP) is 4.06. The van der Waals surface area contributed by atoms with Gasteiger partial charge >= 0.3 is 5.97 Å². The highest BCUT2D eigenvalue weighted by atomic mass is 32.1. The molecule has 1 aromatic carbocycles. The molecule has 2 rings (SSSR count). The van der Waals surface area contributed by atoms with Gasteiger partial charge in [0.15, 0.2) is 18.2 Å². The van der Waals surface area contributed by atoms with Gasteiger partial charge in [-0.3, -0.25) is 4.57 Å². The highest BCUT2D eigenvalue weighted by Crippen LogP contribution is 2.57. The van der Waals surface area contributed by atoms with Crippen LogP contribution >= 0.6 is 18.7 Å². The van der Waals surface area contributed by atoms with Gasteiger partial charge in [-0.2, -0.15) is 0 Å². The smallest absolute Gasteiger partial charge is 0.345 e. The summed E-state index contributed by atoms with van der Waals surface area (Å²) >= 11 is 1.30. The van der Waals surface area contributed by atoms with Gasteiger partial charge in [0.05, 0.1) is 4.88 Å². The lowest BCUT2D eigenvalue weighted by Crippen LogP contribution is -2.18. The Morgan fingerprint density at radius 3 is 2.65 bits per heavy atom. The molecule has 0 radical (unpaired) electrons. The van der Waals surface area contributed by atoms with Gasteiger partial charge in [-0.1, -0.05) is 18.2 Å². The number of halogens is 1. The molecule has 0 aliphatic rings. The molecule has 0 aliphatic carbocycles. The molecule has 2 aromatic rings. The van der Waals surface area contributed by atoms with Gasteiger partial charge in [-0.15, -0.1) is 11.3 Å². The standard InChI is InChI=1S/C15H16FO5PS/c1-19-22(2,18)15(13-8-5-9-23-13)21-14(17)10-20-12-7-4-3-6-11(12)16/h3-9,15H,10H2,1-2H3. The Morgan fingerprint density at radius 2 is 2.04 bits per heavy atom. The third-order valence-electron chi connectivity index (χ3n) is 3.00. The van der Waals surface area contributed by atoms with Crippen molar-refractivity contribution in [1.82, 2.24) is 0 Å². The third kappa shape index (κ3) is 4.64. The van der Waals surface area contributed by atoms with Crippen LogP contribution in [0, 0.1) is 5.82 Å². The summed E-state index contributed by atoms with van der Waals surface area (Å²) in [5.74, 6) is -2.40. The van der Waals surface area contributed by atoms with Gasteiger partial charge in [-0.05, 0) is 23.6 Å². The zero-order chi connectivity index (χ0) is 16.9. The van der Waals surface area contributed by atoms with Gasteiger partial charge in [0, 0.05) is 13.8 Å². The van der Waals surface area contributed by atoms with Crippen LogP contribution < -0.4 is 4.74 Å². The van der Waals surface area contributed by atoms with Crippen LogP contribution in [-0.2, 0) is 18.6 Å². The van der Waals surface area contributed by atoms with Crippen molar-refractivity contribution in [2.75, 3.05) is 20.4 Å². The van der Waals surface area contributed by atoms with Crippen molar-refractivity contribution in [2.45, 2.75) is 5.85 Å². The minimum atomic E-state index is -3.19. The van der Waals surface area contributed by atoms with E-state index < -0.39 is 31.6 Å². The Bertz CT molecular complexity index is 704. The van der Waals surface area contributed by atoms with Crippen LogP contribution in [0.1, 0.15) is 10.7 Å². The summed E-state index contributed by atoms with van der Waals surface area (Å²) in [6.45, 7) is 0.898. The van der Waals surface area contributed by atoms with Crippen LogP contribution in [-0.4, -0.2) is 26.4 Å². The lowest BCUT2D eigenvalue weighted by Gasteiger charge is -2.22. The van der Waals surface area contributed by atoms with E-state index in [1.165, 1.54) is 43.3 Å². The quantitative estimate of drug-likeness (QED) is 0.552. The molecule has 0 fully saturated rings. The molecule has 0 N–H and O–H groups in total. The molecule has 124 valence electrons. The monoisotopic (exact) mass is 358 g/mol. The fourth-order valence-corrected chi connectivity index (χ4v) is 4.21. The zero-order valence-electron chi connectivity index (χ0n) is 12.6. The fraction of sp³-hybridized carbons (Fsp3) is 0.267. The number of para-hydroxylation sites is 1. The van der Waals surface area contributed by atoms with E-state index in [0.29, 0.717) is 4.88 Å². The van der Waals surface area contributed by atoms with E-state index in [0.717, 1.165) is 0 Å². The van der Waals surface area contributed by atoms with Gasteiger partial charge in [-0.25, -0.2) is 9.18 Å². The number of esters is 1. The molecule has 0 aliphatic heterocycles. The molecule has 23 heavy (non-hydrogen) atoms. The van der Waals surface area contributed by atoms with E-state index in [1.54, 1.807) is 23.6 Å². The molecule has 5 nitrogen and oxygen atoms in total. The Hall–Kier alpha value is -1.69. The molecule has 0 saturated heterocycles. The molecule has 2 atom stereocenters. The zero-order valence-corrected chi connectivity index (χ0v) is 14.3. The first-order valence-electron chi connectivity index (χ1n) is 6.67. The molecule has 8 heteroatoms. The van der Waals surface area contributed by atoms with Crippen molar-refractivity contribution in [1.29, 1.82) is 0 Å². The number of benzene rings is 1. The van der Waals surface area contributed by atoms with Gasteiger partial charge in [0.1, 0.15) is 0 Å². The summed E-state index contributed by atoms with van der Waals surface area (Å²) in [4.78, 5) is 12.6. The molecule has 1 heterocycles. The van der Waals surface area contributed by atoms with Gasteiger partial charge in [0.2, 0.25) is 13.2 Å². The van der Waals surface area contributed by atoms with Crippen LogP contribution in [0.2, 0.25) is 0 Å². The number of rotatable bonds is 7. The first-order chi connectivity index (χ1) is 10.9. The van der Waals surface area contributed by atoms with Crippen molar-refractivity contribution in [3.05, 3.63) is 52.5 Å². The topological polar surface area (TPSA) is 61.8 Å². The summed E-state index contributed by atoms with van der Waals surface area (Å²) in [5, 5.41) is 1.78. The van der Waals surface area contributed by atoms with Crippen molar-refractivity contribution in [2.24, 2.45) is 0 Å². The van der Waals surface area contributed by atoms with Crippen LogP contribution in [0.5, 0.6) is 5.75 Å². The lowest BCUT2D eigenvalue weighted by atomic mass is 10.3. The van der Waals surface area contributed by atoms with Crippen LogP contribution in [0.25, 0.3) is 0 Å². The van der Waals surface area contributed by atoms with Crippen LogP contribution in [0.15, 0.2) is 41.8 Å². The Balaban J connectivity index is 2.04. The highest BCUT2D eigenvalue weighted by molar-refractivity contribution is 7.58. The summed E-state index contributed by atoms with van der Waals surface area (Å²) in [5.41, 5.74) is 0. The summed E-state index contributed by atoms with van der Waals surface area (Å²) in [7, 11) is -1.90. The maximum atomic E-state index is 13.4. The van der Waals surface area contributed by atoms with Crippen LogP contribution in [0.3, 0.4) is 0 Å². The third-order valence-corrected chi connectivity index (χ3v) is 6.05. The van der Waals surface area contributed by atoms with E-state index in [-0.39, 0.29) is 5.75 Å². The Kier molecular flexibility index (Phi) is 5.93. The molecular weight excluding hydrogens is 342 g/mol. The first kappa shape index (κ1) is 17.7. The van der Waals surface area contributed by atoms with Crippen LogP contribution in [0.4, 0.5) is 4.39 Å². The number of hydrogen-bond acceptors (Lipinski definition) is 6. The maximum absolute atomic E-state index is 13.4.